The normalized spacial score (nSPS) is 16.7. The summed E-state index contributed by atoms with van der Waals surface area (Å²) in [5.74, 6) is 0.630. The molecule has 0 amide bonds. The Bertz CT molecular complexity index is 1070. The number of ketones is 1. The Morgan fingerprint density at radius 3 is 2.67 bits per heavy atom. The number of benzene rings is 2. The van der Waals surface area contributed by atoms with Gasteiger partial charge in [0.05, 0.1) is 12.7 Å². The molecule has 27 heavy (non-hydrogen) atoms. The van der Waals surface area contributed by atoms with Crippen LogP contribution in [0.5, 0.6) is 5.75 Å². The summed E-state index contributed by atoms with van der Waals surface area (Å²) in [6.45, 7) is 0. The average molecular weight is 359 g/mol. The maximum absolute atomic E-state index is 11.8. The topological polar surface area (TPSA) is 57.8 Å². The van der Waals surface area contributed by atoms with Crippen LogP contribution in [0.1, 0.15) is 27.0 Å². The first-order valence-electron chi connectivity index (χ1n) is 8.66. The van der Waals surface area contributed by atoms with E-state index in [4.69, 9.17) is 9.16 Å². The lowest BCUT2D eigenvalue weighted by Crippen LogP contribution is -2.14. The Morgan fingerprint density at radius 1 is 1.11 bits per heavy atom. The number of ether oxygens (including phenoxy) is 1. The SMILES string of the molecule is COc1ccc2c(c1)CC1=CC(=[O+]C)C=CC1=C2c1ccccc1C(=O)O. The van der Waals surface area contributed by atoms with Crippen molar-refractivity contribution in [3.05, 3.63) is 94.1 Å². The molecule has 0 aromatic heterocycles. The Balaban J connectivity index is 2.04. The summed E-state index contributed by atoms with van der Waals surface area (Å²) in [6.07, 6.45) is 6.67. The molecule has 2 aliphatic carbocycles. The number of hydrogen-bond donors (Lipinski definition) is 1. The summed E-state index contributed by atoms with van der Waals surface area (Å²) in [5.41, 5.74) is 6.19. The second-order valence-corrected chi connectivity index (χ2v) is 6.45. The molecule has 0 fully saturated rings. The third-order valence-corrected chi connectivity index (χ3v) is 4.97. The molecule has 0 radical (unpaired) electrons. The van der Waals surface area contributed by atoms with Gasteiger partial charge < -0.3 is 9.84 Å². The van der Waals surface area contributed by atoms with Crippen LogP contribution in [-0.4, -0.2) is 31.1 Å². The van der Waals surface area contributed by atoms with E-state index in [0.29, 0.717) is 5.56 Å². The number of rotatable bonds is 3. The number of allylic oxidation sites excluding steroid dienone is 5. The van der Waals surface area contributed by atoms with Crippen molar-refractivity contribution >= 4 is 17.3 Å². The van der Waals surface area contributed by atoms with Crippen LogP contribution in [0.15, 0.2) is 71.8 Å². The second kappa shape index (κ2) is 6.72. The van der Waals surface area contributed by atoms with Gasteiger partial charge in [-0.1, -0.05) is 24.3 Å². The summed E-state index contributed by atoms with van der Waals surface area (Å²) in [6, 6.07) is 13.1. The van der Waals surface area contributed by atoms with Gasteiger partial charge in [0.15, 0.2) is 0 Å². The minimum atomic E-state index is -0.936. The summed E-state index contributed by atoms with van der Waals surface area (Å²) < 4.78 is 10.8. The number of carboxylic acid groups (broad SMARTS) is 1. The first-order chi connectivity index (χ1) is 13.1. The van der Waals surface area contributed by atoms with E-state index in [1.165, 1.54) is 0 Å². The summed E-state index contributed by atoms with van der Waals surface area (Å²) in [7, 11) is 3.29. The quantitative estimate of drug-likeness (QED) is 0.844. The minimum absolute atomic E-state index is 0.290. The van der Waals surface area contributed by atoms with Gasteiger partial charge in [-0.2, -0.15) is 0 Å². The Hall–Kier alpha value is -3.40. The molecule has 0 saturated carbocycles. The van der Waals surface area contributed by atoms with Crippen LogP contribution in [0, 0.1) is 0 Å². The van der Waals surface area contributed by atoms with E-state index in [9.17, 15) is 9.90 Å². The molecule has 134 valence electrons. The van der Waals surface area contributed by atoms with Gasteiger partial charge in [-0.15, -0.1) is 0 Å². The van der Waals surface area contributed by atoms with Gasteiger partial charge in [0.1, 0.15) is 5.75 Å². The van der Waals surface area contributed by atoms with Crippen LogP contribution in [0.3, 0.4) is 0 Å². The van der Waals surface area contributed by atoms with E-state index in [1.54, 1.807) is 26.4 Å². The standard InChI is InChI=1S/C23H18O4/c1-26-16-7-9-18-14(12-16)11-15-13-17(27-2)8-10-19(15)22(18)20-5-3-4-6-21(20)23(24)25/h3-10,12-13H,11H2,1-2H3/p+1. The molecule has 4 rings (SSSR count). The molecule has 4 heteroatoms. The van der Waals surface area contributed by atoms with Crippen LogP contribution in [0.2, 0.25) is 0 Å². The first-order valence-corrected chi connectivity index (χ1v) is 8.66. The zero-order valence-electron chi connectivity index (χ0n) is 15.2. The number of aromatic carboxylic acids is 1. The molecule has 0 atom stereocenters. The summed E-state index contributed by atoms with van der Waals surface area (Å²) in [5, 5.41) is 9.70. The smallest absolute Gasteiger partial charge is 0.343 e. The molecule has 2 aliphatic rings. The highest BCUT2D eigenvalue weighted by molar-refractivity contribution is 6.07. The van der Waals surface area contributed by atoms with Crippen molar-refractivity contribution in [1.29, 1.82) is 0 Å². The molecular formula is C23H19O4+. The summed E-state index contributed by atoms with van der Waals surface area (Å²) >= 11 is 0. The van der Waals surface area contributed by atoms with Gasteiger partial charge in [0.25, 0.3) is 7.11 Å². The fourth-order valence-electron chi connectivity index (χ4n) is 3.70. The third kappa shape index (κ3) is 2.89. The molecule has 0 bridgehead atoms. The fraction of sp³-hybridized carbons (Fsp3) is 0.130. The van der Waals surface area contributed by atoms with E-state index < -0.39 is 5.97 Å². The van der Waals surface area contributed by atoms with Crippen LogP contribution < -0.4 is 4.74 Å². The fourth-order valence-corrected chi connectivity index (χ4v) is 3.70. The Morgan fingerprint density at radius 2 is 1.93 bits per heavy atom. The Labute approximate surface area is 157 Å². The van der Waals surface area contributed by atoms with Gasteiger partial charge in [0, 0.05) is 12.2 Å². The molecule has 2 aromatic carbocycles. The lowest BCUT2D eigenvalue weighted by Gasteiger charge is -2.26. The van der Waals surface area contributed by atoms with Crippen LogP contribution >= 0.6 is 0 Å². The third-order valence-electron chi connectivity index (χ3n) is 4.97. The van der Waals surface area contributed by atoms with Crippen molar-refractivity contribution in [3.63, 3.8) is 0 Å². The number of methoxy groups -OCH3 is 1. The van der Waals surface area contributed by atoms with E-state index in [0.717, 1.165) is 45.8 Å². The monoisotopic (exact) mass is 359 g/mol. The average Bonchev–Trinajstić information content (AvgIpc) is 2.71. The Kier molecular flexibility index (Phi) is 4.24. The van der Waals surface area contributed by atoms with E-state index >= 15 is 0 Å². The number of fused-ring (bicyclic) bond motifs is 2. The molecule has 0 aliphatic heterocycles. The van der Waals surface area contributed by atoms with Crippen LogP contribution in [-0.2, 0) is 10.8 Å². The lowest BCUT2D eigenvalue weighted by molar-refractivity contribution is -0.417. The highest BCUT2D eigenvalue weighted by atomic mass is 16.5. The van der Waals surface area contributed by atoms with Crippen LogP contribution in [0.25, 0.3) is 5.57 Å². The first kappa shape index (κ1) is 17.0. The van der Waals surface area contributed by atoms with Crippen molar-refractivity contribution < 1.29 is 19.1 Å². The molecule has 0 spiro atoms. The van der Waals surface area contributed by atoms with Gasteiger partial charge in [-0.3, -0.25) is 4.42 Å². The second-order valence-electron chi connectivity index (χ2n) is 6.45. The highest BCUT2D eigenvalue weighted by Crippen LogP contribution is 2.42. The molecule has 0 unspecified atom stereocenters. The van der Waals surface area contributed by atoms with Gasteiger partial charge >= 0.3 is 11.8 Å². The number of carbonyl (C=O) groups is 1. The predicted molar refractivity (Wildman–Crippen MR) is 104 cm³/mol. The van der Waals surface area contributed by atoms with Crippen molar-refractivity contribution in [2.75, 3.05) is 14.2 Å². The minimum Gasteiger partial charge on any atom is -0.497 e. The molecule has 2 aromatic rings. The maximum atomic E-state index is 11.8. The number of carboxylic acids is 1. The van der Waals surface area contributed by atoms with E-state index in [-0.39, 0.29) is 5.56 Å². The van der Waals surface area contributed by atoms with Gasteiger partial charge in [-0.25, -0.2) is 4.79 Å². The predicted octanol–water partition coefficient (Wildman–Crippen LogP) is 3.98. The maximum Gasteiger partial charge on any atom is 0.343 e. The van der Waals surface area contributed by atoms with Gasteiger partial charge in [-0.05, 0) is 64.1 Å². The van der Waals surface area contributed by atoms with E-state index in [1.807, 2.05) is 48.6 Å². The summed E-state index contributed by atoms with van der Waals surface area (Å²) in [4.78, 5) is 11.8. The molecule has 0 saturated heterocycles. The zero-order valence-corrected chi connectivity index (χ0v) is 15.2. The number of carbonyl (C=O) groups excluding carboxylic acids is 1. The van der Waals surface area contributed by atoms with Gasteiger partial charge in [0.2, 0.25) is 0 Å². The van der Waals surface area contributed by atoms with Crippen LogP contribution in [0.4, 0.5) is 0 Å². The molecule has 4 nitrogen and oxygen atoms in total. The van der Waals surface area contributed by atoms with E-state index in [2.05, 4.69) is 0 Å². The largest absolute Gasteiger partial charge is 0.497 e. The molecule has 1 N–H and O–H groups in total. The number of hydrogen-bond acceptors (Lipinski definition) is 2. The van der Waals surface area contributed by atoms with Crippen molar-refractivity contribution in [2.45, 2.75) is 6.42 Å². The lowest BCUT2D eigenvalue weighted by atomic mass is 9.76. The van der Waals surface area contributed by atoms with Crippen molar-refractivity contribution in [1.82, 2.24) is 0 Å². The van der Waals surface area contributed by atoms with Crippen molar-refractivity contribution in [2.24, 2.45) is 0 Å². The molecular weight excluding hydrogens is 340 g/mol. The zero-order chi connectivity index (χ0) is 19.0. The highest BCUT2D eigenvalue weighted by Gasteiger charge is 2.28. The van der Waals surface area contributed by atoms with Crippen molar-refractivity contribution in [3.8, 4) is 5.75 Å². The molecule has 0 heterocycles.